The van der Waals surface area contributed by atoms with Crippen LogP contribution in [0, 0.1) is 10.1 Å². The Morgan fingerprint density at radius 1 is 1.39 bits per heavy atom. The summed E-state index contributed by atoms with van der Waals surface area (Å²) in [5.74, 6) is -0.186. The predicted molar refractivity (Wildman–Crippen MR) is 67.4 cm³/mol. The normalized spacial score (nSPS) is 24.3. The van der Waals surface area contributed by atoms with Crippen molar-refractivity contribution in [2.24, 2.45) is 0 Å². The summed E-state index contributed by atoms with van der Waals surface area (Å²) in [6.45, 7) is 0. The number of nitrogens with zero attached hydrogens (tertiary/aromatic N) is 2. The van der Waals surface area contributed by atoms with Gasteiger partial charge in [0.1, 0.15) is 11.9 Å². The van der Waals surface area contributed by atoms with E-state index in [4.69, 9.17) is 0 Å². The molecule has 1 aliphatic rings. The van der Waals surface area contributed by atoms with E-state index in [1.807, 2.05) is 0 Å². The lowest BCUT2D eigenvalue weighted by Crippen LogP contribution is -2.32. The Balaban J connectivity index is 2.14. The summed E-state index contributed by atoms with van der Waals surface area (Å²) in [6, 6.07) is 3.15. The minimum absolute atomic E-state index is 0.129. The monoisotopic (exact) mass is 251 g/mol. The van der Waals surface area contributed by atoms with Gasteiger partial charge < -0.3 is 20.5 Å². The zero-order valence-corrected chi connectivity index (χ0v) is 10.1. The topological polar surface area (TPSA) is 88.3 Å². The molecule has 1 aromatic rings. The average molecular weight is 251 g/mol. The maximum atomic E-state index is 10.9. The van der Waals surface area contributed by atoms with Gasteiger partial charge in [-0.3, -0.25) is 0 Å². The number of aromatic nitrogens is 1. The van der Waals surface area contributed by atoms with Gasteiger partial charge in [-0.15, -0.1) is 0 Å². The summed E-state index contributed by atoms with van der Waals surface area (Å²) in [6.07, 6.45) is 5.65. The molecule has 0 spiro atoms. The quantitative estimate of drug-likeness (QED) is 0.488. The van der Waals surface area contributed by atoms with Crippen LogP contribution in [0.1, 0.15) is 32.1 Å². The molecule has 1 saturated carbocycles. The Bertz CT molecular complexity index is 425. The molecule has 6 heteroatoms. The van der Waals surface area contributed by atoms with E-state index in [1.54, 1.807) is 12.1 Å². The van der Waals surface area contributed by atoms with Crippen LogP contribution in [0.5, 0.6) is 0 Å². The van der Waals surface area contributed by atoms with Crippen LogP contribution in [-0.2, 0) is 0 Å². The van der Waals surface area contributed by atoms with E-state index < -0.39 is 11.0 Å². The van der Waals surface area contributed by atoms with Crippen LogP contribution in [0.2, 0.25) is 0 Å². The molecule has 98 valence electrons. The predicted octanol–water partition coefficient (Wildman–Crippen LogP) is 2.10. The van der Waals surface area contributed by atoms with Crippen LogP contribution >= 0.6 is 0 Å². The maximum Gasteiger partial charge on any atom is 0.386 e. The highest BCUT2D eigenvalue weighted by Crippen LogP contribution is 2.26. The molecule has 18 heavy (non-hydrogen) atoms. The lowest BCUT2D eigenvalue weighted by molar-refractivity contribution is -0.388. The summed E-state index contributed by atoms with van der Waals surface area (Å²) in [5, 5.41) is 23.9. The molecule has 0 bridgehead atoms. The Morgan fingerprint density at radius 2 is 2.17 bits per heavy atom. The molecule has 1 aromatic heterocycles. The van der Waals surface area contributed by atoms with Crippen molar-refractivity contribution < 1.29 is 10.0 Å². The average Bonchev–Trinajstić information content (AvgIpc) is 2.55. The molecule has 0 aromatic carbocycles. The molecule has 2 unspecified atom stereocenters. The number of aliphatic hydroxyl groups excluding tert-OH is 1. The number of rotatable bonds is 3. The van der Waals surface area contributed by atoms with Crippen LogP contribution in [0.15, 0.2) is 18.3 Å². The first-order chi connectivity index (χ1) is 8.68. The van der Waals surface area contributed by atoms with E-state index in [-0.39, 0.29) is 11.9 Å². The molecule has 1 heterocycles. The first kappa shape index (κ1) is 12.8. The molecule has 0 saturated heterocycles. The smallest absolute Gasteiger partial charge is 0.386 e. The van der Waals surface area contributed by atoms with Crippen molar-refractivity contribution in [1.29, 1.82) is 0 Å². The van der Waals surface area contributed by atoms with Crippen molar-refractivity contribution in [2.45, 2.75) is 44.2 Å². The molecule has 0 aliphatic heterocycles. The fraction of sp³-hybridized carbons (Fsp3) is 0.583. The summed E-state index contributed by atoms with van der Waals surface area (Å²) in [7, 11) is 0. The third kappa shape index (κ3) is 2.95. The standard InChI is InChI=1S/C12H17N3O3/c16-11-7-3-1-2-5-9(11)14-10-6-4-8-13-12(10)15(17)18/h4,6,8-9,11,14,16H,1-3,5,7H2. The van der Waals surface area contributed by atoms with Crippen LogP contribution in [0.3, 0.4) is 0 Å². The second-order valence-electron chi connectivity index (χ2n) is 4.59. The van der Waals surface area contributed by atoms with Crippen molar-refractivity contribution in [2.75, 3.05) is 5.32 Å². The zero-order chi connectivity index (χ0) is 13.0. The lowest BCUT2D eigenvalue weighted by Gasteiger charge is -2.22. The largest absolute Gasteiger partial charge is 0.391 e. The molecular formula is C12H17N3O3. The van der Waals surface area contributed by atoms with Gasteiger partial charge in [-0.25, -0.2) is 0 Å². The number of nitrogens with one attached hydrogen (secondary N) is 1. The van der Waals surface area contributed by atoms with Crippen molar-refractivity contribution in [3.05, 3.63) is 28.4 Å². The molecule has 0 radical (unpaired) electrons. The Labute approximate surface area is 105 Å². The second kappa shape index (κ2) is 5.77. The van der Waals surface area contributed by atoms with Crippen LogP contribution in [-0.4, -0.2) is 27.2 Å². The summed E-state index contributed by atoms with van der Waals surface area (Å²) in [4.78, 5) is 14.1. The van der Waals surface area contributed by atoms with Gasteiger partial charge in [-0.05, 0) is 34.9 Å². The van der Waals surface area contributed by atoms with Gasteiger partial charge in [0.15, 0.2) is 0 Å². The Hall–Kier alpha value is -1.69. The Kier molecular flexibility index (Phi) is 4.09. The van der Waals surface area contributed by atoms with E-state index in [9.17, 15) is 15.2 Å². The lowest BCUT2D eigenvalue weighted by atomic mass is 10.1. The first-order valence-corrected chi connectivity index (χ1v) is 6.22. The summed E-state index contributed by atoms with van der Waals surface area (Å²) >= 11 is 0. The van der Waals surface area contributed by atoms with E-state index in [0.29, 0.717) is 5.69 Å². The molecule has 2 rings (SSSR count). The summed E-state index contributed by atoms with van der Waals surface area (Å²) < 4.78 is 0. The highest BCUT2D eigenvalue weighted by Gasteiger charge is 2.24. The molecule has 2 N–H and O–H groups in total. The number of pyridine rings is 1. The summed E-state index contributed by atoms with van der Waals surface area (Å²) in [5.41, 5.74) is 0.383. The van der Waals surface area contributed by atoms with Crippen LogP contribution in [0.4, 0.5) is 11.5 Å². The van der Waals surface area contributed by atoms with Gasteiger partial charge in [0.05, 0.1) is 12.1 Å². The van der Waals surface area contributed by atoms with E-state index in [0.717, 1.165) is 32.1 Å². The van der Waals surface area contributed by atoms with Crippen molar-refractivity contribution in [3.8, 4) is 0 Å². The van der Waals surface area contributed by atoms with Gasteiger partial charge >= 0.3 is 5.82 Å². The van der Waals surface area contributed by atoms with E-state index in [2.05, 4.69) is 10.3 Å². The van der Waals surface area contributed by atoms with Gasteiger partial charge in [-0.2, -0.15) is 0 Å². The first-order valence-electron chi connectivity index (χ1n) is 6.22. The Morgan fingerprint density at radius 3 is 2.94 bits per heavy atom. The highest BCUT2D eigenvalue weighted by molar-refractivity contribution is 5.57. The number of hydrogen-bond donors (Lipinski definition) is 2. The minimum atomic E-state index is -0.509. The third-order valence-electron chi connectivity index (χ3n) is 3.28. The molecular weight excluding hydrogens is 234 g/mol. The van der Waals surface area contributed by atoms with E-state index in [1.165, 1.54) is 6.20 Å². The van der Waals surface area contributed by atoms with Crippen LogP contribution < -0.4 is 5.32 Å². The number of anilines is 1. The molecule has 1 fully saturated rings. The SMILES string of the molecule is O=[N+]([O-])c1ncccc1NC1CCCCCC1O. The molecule has 0 amide bonds. The van der Waals surface area contributed by atoms with Crippen molar-refractivity contribution in [1.82, 2.24) is 4.98 Å². The molecule has 2 atom stereocenters. The van der Waals surface area contributed by atoms with Gasteiger partial charge in [0.25, 0.3) is 0 Å². The fourth-order valence-electron chi connectivity index (χ4n) is 2.31. The van der Waals surface area contributed by atoms with Gasteiger partial charge in [0.2, 0.25) is 0 Å². The fourth-order valence-corrected chi connectivity index (χ4v) is 2.31. The van der Waals surface area contributed by atoms with Crippen LogP contribution in [0.25, 0.3) is 0 Å². The number of hydrogen-bond acceptors (Lipinski definition) is 5. The molecule has 6 nitrogen and oxygen atoms in total. The zero-order valence-electron chi connectivity index (χ0n) is 10.1. The second-order valence-corrected chi connectivity index (χ2v) is 4.59. The van der Waals surface area contributed by atoms with E-state index >= 15 is 0 Å². The van der Waals surface area contributed by atoms with Crippen molar-refractivity contribution >= 4 is 11.5 Å². The number of nitro groups is 1. The van der Waals surface area contributed by atoms with Crippen molar-refractivity contribution in [3.63, 3.8) is 0 Å². The minimum Gasteiger partial charge on any atom is -0.391 e. The maximum absolute atomic E-state index is 10.9. The third-order valence-corrected chi connectivity index (χ3v) is 3.28. The number of aliphatic hydroxyl groups is 1. The van der Waals surface area contributed by atoms with Gasteiger partial charge in [-0.1, -0.05) is 19.3 Å². The molecule has 1 aliphatic carbocycles. The highest BCUT2D eigenvalue weighted by atomic mass is 16.6. The van der Waals surface area contributed by atoms with Gasteiger partial charge in [0, 0.05) is 0 Å².